The van der Waals surface area contributed by atoms with Crippen molar-refractivity contribution in [2.75, 3.05) is 0 Å². The minimum Gasteiger partial charge on any atom is -0.456 e. The molecule has 0 bridgehead atoms. The van der Waals surface area contributed by atoms with Crippen molar-refractivity contribution in [3.8, 4) is 67.4 Å². The molecule has 0 N–H and O–H groups in total. The summed E-state index contributed by atoms with van der Waals surface area (Å²) in [5.74, 6) is 0.706. The molecular formula is C56H37N3O. The van der Waals surface area contributed by atoms with Crippen LogP contribution in [0.15, 0.2) is 192 Å². The minimum absolute atomic E-state index is 0.0697. The van der Waals surface area contributed by atoms with Crippen molar-refractivity contribution in [3.05, 3.63) is 199 Å². The van der Waals surface area contributed by atoms with E-state index in [-0.39, 0.29) is 5.41 Å². The molecule has 0 unspecified atom stereocenters. The molecule has 11 aromatic rings. The van der Waals surface area contributed by atoms with Crippen LogP contribution in [-0.2, 0) is 5.41 Å². The molecule has 0 aliphatic heterocycles. The van der Waals surface area contributed by atoms with Crippen LogP contribution in [0, 0.1) is 0 Å². The van der Waals surface area contributed by atoms with E-state index < -0.39 is 0 Å². The molecule has 3 aromatic heterocycles. The molecule has 12 rings (SSSR count). The lowest BCUT2D eigenvalue weighted by Crippen LogP contribution is -2.14. The highest BCUT2D eigenvalue weighted by Crippen LogP contribution is 2.49. The van der Waals surface area contributed by atoms with Gasteiger partial charge in [0.1, 0.15) is 11.2 Å². The molecule has 0 spiro atoms. The van der Waals surface area contributed by atoms with Crippen LogP contribution >= 0.6 is 0 Å². The largest absolute Gasteiger partial charge is 0.456 e. The number of rotatable bonds is 5. The molecular weight excluding hydrogens is 731 g/mol. The Balaban J connectivity index is 1.02. The van der Waals surface area contributed by atoms with Gasteiger partial charge < -0.3 is 4.42 Å². The minimum atomic E-state index is -0.0697. The topological polar surface area (TPSA) is 51.8 Å². The van der Waals surface area contributed by atoms with Crippen LogP contribution in [0.4, 0.5) is 0 Å². The second kappa shape index (κ2) is 13.2. The van der Waals surface area contributed by atoms with Crippen molar-refractivity contribution in [2.24, 2.45) is 0 Å². The Bertz CT molecular complexity index is 3490. The molecule has 4 heteroatoms. The highest BCUT2D eigenvalue weighted by molar-refractivity contribution is 6.29. The van der Waals surface area contributed by atoms with Crippen LogP contribution in [0.3, 0.4) is 0 Å². The van der Waals surface area contributed by atoms with Gasteiger partial charge in [0.05, 0.1) is 22.6 Å². The first-order valence-corrected chi connectivity index (χ1v) is 20.5. The fraction of sp³-hybridized carbons (Fsp3) is 0.0536. The van der Waals surface area contributed by atoms with Gasteiger partial charge >= 0.3 is 0 Å². The third kappa shape index (κ3) is 5.27. The van der Waals surface area contributed by atoms with Crippen LogP contribution in [0.5, 0.6) is 0 Å². The van der Waals surface area contributed by atoms with Crippen LogP contribution in [0.25, 0.3) is 111 Å². The molecule has 0 atom stereocenters. The number of nitrogens with zero attached hydrogens (tertiary/aromatic N) is 3. The van der Waals surface area contributed by atoms with Crippen molar-refractivity contribution in [1.82, 2.24) is 15.0 Å². The van der Waals surface area contributed by atoms with Crippen LogP contribution in [-0.4, -0.2) is 15.0 Å². The van der Waals surface area contributed by atoms with Gasteiger partial charge in [-0.15, -0.1) is 0 Å². The average molecular weight is 768 g/mol. The smallest absolute Gasteiger partial charge is 0.160 e. The first-order chi connectivity index (χ1) is 29.5. The standard InChI is InChI=1S/C56H37N3O/c1-56(2)45-22-11-9-18-40(45)44-32-38(28-30-46(44)56)55-57-47(35-14-5-3-6-15-35)33-48(58-55)36-26-24-34(25-27-36)39-20-13-21-42-51-43(53(59-54(39)42)37-16-7-4-8-17-37)29-31-50-52(51)41-19-10-12-23-49(41)60-50/h3-33H,1-2H3. The lowest BCUT2D eigenvalue weighted by molar-refractivity contribution is 0.660. The van der Waals surface area contributed by atoms with Gasteiger partial charge in [0.25, 0.3) is 0 Å². The summed E-state index contributed by atoms with van der Waals surface area (Å²) < 4.78 is 6.41. The summed E-state index contributed by atoms with van der Waals surface area (Å²) in [4.78, 5) is 15.9. The molecule has 1 aliphatic rings. The van der Waals surface area contributed by atoms with Crippen molar-refractivity contribution in [2.45, 2.75) is 19.3 Å². The number of hydrogen-bond donors (Lipinski definition) is 0. The summed E-state index contributed by atoms with van der Waals surface area (Å²) in [5.41, 5.74) is 16.8. The van der Waals surface area contributed by atoms with E-state index in [1.807, 2.05) is 18.2 Å². The van der Waals surface area contributed by atoms with Gasteiger partial charge in [-0.25, -0.2) is 15.0 Å². The van der Waals surface area contributed by atoms with E-state index in [1.165, 1.54) is 22.3 Å². The maximum Gasteiger partial charge on any atom is 0.160 e. The molecule has 3 heterocycles. The van der Waals surface area contributed by atoms with Crippen molar-refractivity contribution in [3.63, 3.8) is 0 Å². The van der Waals surface area contributed by atoms with Gasteiger partial charge in [0, 0.05) is 60.2 Å². The first-order valence-electron chi connectivity index (χ1n) is 20.5. The Morgan fingerprint density at radius 1 is 0.383 bits per heavy atom. The second-order valence-corrected chi connectivity index (χ2v) is 16.3. The third-order valence-electron chi connectivity index (χ3n) is 12.5. The maximum absolute atomic E-state index is 6.41. The zero-order valence-corrected chi connectivity index (χ0v) is 33.1. The lowest BCUT2D eigenvalue weighted by atomic mass is 9.82. The molecule has 8 aromatic carbocycles. The number of fused-ring (bicyclic) bond motifs is 10. The molecule has 0 amide bonds. The van der Waals surface area contributed by atoms with Crippen molar-refractivity contribution < 1.29 is 4.42 Å². The van der Waals surface area contributed by atoms with Gasteiger partial charge in [0.15, 0.2) is 5.82 Å². The van der Waals surface area contributed by atoms with E-state index in [0.717, 1.165) is 94.1 Å². The number of aromatic nitrogens is 3. The molecule has 282 valence electrons. The van der Waals surface area contributed by atoms with Gasteiger partial charge in [0.2, 0.25) is 0 Å². The van der Waals surface area contributed by atoms with Crippen LogP contribution in [0.2, 0.25) is 0 Å². The first kappa shape index (κ1) is 34.4. The second-order valence-electron chi connectivity index (χ2n) is 16.3. The molecule has 0 radical (unpaired) electrons. The number of pyridine rings is 1. The Labute approximate surface area is 347 Å². The lowest BCUT2D eigenvalue weighted by Gasteiger charge is -2.21. The maximum atomic E-state index is 6.41. The Hall–Kier alpha value is -7.69. The van der Waals surface area contributed by atoms with E-state index in [2.05, 4.69) is 184 Å². The fourth-order valence-corrected chi connectivity index (χ4v) is 9.54. The Morgan fingerprint density at radius 2 is 1.00 bits per heavy atom. The monoisotopic (exact) mass is 767 g/mol. The summed E-state index contributed by atoms with van der Waals surface area (Å²) >= 11 is 0. The SMILES string of the molecule is CC1(C)c2ccccc2-c2cc(-c3nc(-c4ccccc4)cc(-c4ccc(-c5cccc6c5nc(-c5ccccc5)c5ccc7oc8ccccc8c7c56)cc4)n3)ccc21. The van der Waals surface area contributed by atoms with E-state index >= 15 is 0 Å². The van der Waals surface area contributed by atoms with Crippen LogP contribution < -0.4 is 0 Å². The van der Waals surface area contributed by atoms with Gasteiger partial charge in [-0.3, -0.25) is 0 Å². The average Bonchev–Trinajstić information content (AvgIpc) is 3.80. The van der Waals surface area contributed by atoms with E-state index in [1.54, 1.807) is 0 Å². The molecule has 0 saturated carbocycles. The fourth-order valence-electron chi connectivity index (χ4n) is 9.54. The molecule has 1 aliphatic carbocycles. The van der Waals surface area contributed by atoms with Gasteiger partial charge in [-0.05, 0) is 58.1 Å². The highest BCUT2D eigenvalue weighted by atomic mass is 16.3. The normalized spacial score (nSPS) is 13.0. The summed E-state index contributed by atoms with van der Waals surface area (Å²) in [6, 6.07) is 66.3. The van der Waals surface area contributed by atoms with Gasteiger partial charge in [-0.2, -0.15) is 0 Å². The molecule has 60 heavy (non-hydrogen) atoms. The molecule has 4 nitrogen and oxygen atoms in total. The van der Waals surface area contributed by atoms with E-state index in [0.29, 0.717) is 5.82 Å². The number of para-hydroxylation sites is 2. The zero-order chi connectivity index (χ0) is 40.0. The van der Waals surface area contributed by atoms with E-state index in [9.17, 15) is 0 Å². The number of hydrogen-bond acceptors (Lipinski definition) is 4. The van der Waals surface area contributed by atoms with Crippen molar-refractivity contribution in [1.29, 1.82) is 0 Å². The summed E-state index contributed by atoms with van der Waals surface area (Å²) in [7, 11) is 0. The summed E-state index contributed by atoms with van der Waals surface area (Å²) in [6.45, 7) is 4.62. The van der Waals surface area contributed by atoms with Gasteiger partial charge in [-0.1, -0.05) is 172 Å². The molecule has 0 fully saturated rings. The van der Waals surface area contributed by atoms with Crippen molar-refractivity contribution >= 4 is 43.6 Å². The summed E-state index contributed by atoms with van der Waals surface area (Å²) in [6.07, 6.45) is 0. The quantitative estimate of drug-likeness (QED) is 0.164. The zero-order valence-electron chi connectivity index (χ0n) is 33.1. The Morgan fingerprint density at radius 3 is 1.80 bits per heavy atom. The predicted molar refractivity (Wildman–Crippen MR) is 247 cm³/mol. The number of benzene rings is 8. The predicted octanol–water partition coefficient (Wildman–Crippen LogP) is 14.7. The highest BCUT2D eigenvalue weighted by Gasteiger charge is 2.35. The summed E-state index contributed by atoms with van der Waals surface area (Å²) in [5, 5.41) is 5.57. The molecule has 0 saturated heterocycles. The van der Waals surface area contributed by atoms with E-state index in [4.69, 9.17) is 19.4 Å². The van der Waals surface area contributed by atoms with Crippen LogP contribution in [0.1, 0.15) is 25.0 Å². The Kier molecular flexibility index (Phi) is 7.54. The third-order valence-corrected chi connectivity index (χ3v) is 12.5. The number of furan rings is 1.